The lowest BCUT2D eigenvalue weighted by Crippen LogP contribution is -2.29. The number of aromatic amines is 1. The van der Waals surface area contributed by atoms with Gasteiger partial charge in [-0.2, -0.15) is 0 Å². The summed E-state index contributed by atoms with van der Waals surface area (Å²) >= 11 is 0. The number of rotatable bonds is 6. The zero-order chi connectivity index (χ0) is 19.3. The van der Waals surface area contributed by atoms with E-state index in [1.807, 2.05) is 12.1 Å². The maximum Gasteiger partial charge on any atom is 0.224 e. The van der Waals surface area contributed by atoms with Crippen LogP contribution in [0.4, 0.5) is 10.1 Å². The number of hydrogen-bond donors (Lipinski definition) is 2. The highest BCUT2D eigenvalue weighted by Gasteiger charge is 2.11. The third kappa shape index (κ3) is 4.75. The van der Waals surface area contributed by atoms with Crippen LogP contribution in [0, 0.1) is 5.82 Å². The summed E-state index contributed by atoms with van der Waals surface area (Å²) < 4.78 is 13.3. The van der Waals surface area contributed by atoms with Gasteiger partial charge in [0, 0.05) is 25.1 Å². The number of piperidine rings is 1. The summed E-state index contributed by atoms with van der Waals surface area (Å²) in [4.78, 5) is 22.3. The predicted molar refractivity (Wildman–Crippen MR) is 109 cm³/mol. The lowest BCUT2D eigenvalue weighted by Gasteiger charge is -2.26. The van der Waals surface area contributed by atoms with E-state index in [9.17, 15) is 9.18 Å². The van der Waals surface area contributed by atoms with Crippen LogP contribution in [0.25, 0.3) is 11.0 Å². The molecule has 0 spiro atoms. The number of H-pyrrole nitrogens is 1. The van der Waals surface area contributed by atoms with Crippen molar-refractivity contribution in [3.63, 3.8) is 0 Å². The molecule has 3 aromatic rings. The second-order valence-corrected chi connectivity index (χ2v) is 7.43. The Morgan fingerprint density at radius 2 is 2.00 bits per heavy atom. The molecule has 146 valence electrons. The molecule has 5 nitrogen and oxygen atoms in total. The average Bonchev–Trinajstić information content (AvgIpc) is 3.09. The Labute approximate surface area is 164 Å². The molecule has 0 bridgehead atoms. The predicted octanol–water partition coefficient (Wildman–Crippen LogP) is 4.26. The van der Waals surface area contributed by atoms with E-state index in [0.717, 1.165) is 25.3 Å². The molecule has 0 aliphatic carbocycles. The summed E-state index contributed by atoms with van der Waals surface area (Å²) in [7, 11) is 0. The number of benzene rings is 2. The van der Waals surface area contributed by atoms with Crippen LogP contribution in [-0.2, 0) is 17.8 Å². The SMILES string of the molecule is O=C(CCc1nc2ccc(F)cc2[nH]1)Nc1cccc(CN2CCCCC2)c1. The number of aromatic nitrogens is 2. The highest BCUT2D eigenvalue weighted by molar-refractivity contribution is 5.90. The number of nitrogens with one attached hydrogen (secondary N) is 2. The second-order valence-electron chi connectivity index (χ2n) is 7.43. The van der Waals surface area contributed by atoms with Gasteiger partial charge in [0.1, 0.15) is 11.6 Å². The molecular formula is C22H25FN4O. The standard InChI is InChI=1S/C22H25FN4O/c23-17-7-8-19-20(14-17)26-21(25-19)9-10-22(28)24-18-6-4-5-16(13-18)15-27-11-2-1-3-12-27/h4-8,13-14H,1-3,9-12,15H2,(H,24,28)(H,25,26). The molecular weight excluding hydrogens is 355 g/mol. The van der Waals surface area contributed by atoms with Crippen LogP contribution in [0.15, 0.2) is 42.5 Å². The number of amides is 1. The van der Waals surface area contributed by atoms with Crippen molar-refractivity contribution >= 4 is 22.6 Å². The van der Waals surface area contributed by atoms with Gasteiger partial charge in [-0.25, -0.2) is 9.37 Å². The van der Waals surface area contributed by atoms with Gasteiger partial charge in [-0.3, -0.25) is 9.69 Å². The van der Waals surface area contributed by atoms with Crippen LogP contribution >= 0.6 is 0 Å². The number of anilines is 1. The van der Waals surface area contributed by atoms with Crippen molar-refractivity contribution < 1.29 is 9.18 Å². The van der Waals surface area contributed by atoms with E-state index in [2.05, 4.69) is 32.3 Å². The molecule has 2 aromatic carbocycles. The van der Waals surface area contributed by atoms with Crippen molar-refractivity contribution in [1.29, 1.82) is 0 Å². The molecule has 28 heavy (non-hydrogen) atoms. The molecule has 4 rings (SSSR count). The maximum absolute atomic E-state index is 13.3. The lowest BCUT2D eigenvalue weighted by atomic mass is 10.1. The monoisotopic (exact) mass is 380 g/mol. The number of carbonyl (C=O) groups excluding carboxylic acids is 1. The van der Waals surface area contributed by atoms with Gasteiger partial charge in [-0.1, -0.05) is 18.6 Å². The lowest BCUT2D eigenvalue weighted by molar-refractivity contribution is -0.116. The molecule has 0 saturated carbocycles. The molecule has 0 atom stereocenters. The first-order chi connectivity index (χ1) is 13.7. The van der Waals surface area contributed by atoms with Gasteiger partial charge in [-0.15, -0.1) is 0 Å². The maximum atomic E-state index is 13.3. The van der Waals surface area contributed by atoms with Gasteiger partial charge in [0.25, 0.3) is 0 Å². The van der Waals surface area contributed by atoms with Crippen molar-refractivity contribution in [2.75, 3.05) is 18.4 Å². The van der Waals surface area contributed by atoms with Crippen molar-refractivity contribution in [2.45, 2.75) is 38.6 Å². The van der Waals surface area contributed by atoms with Gasteiger partial charge < -0.3 is 10.3 Å². The Morgan fingerprint density at radius 3 is 2.86 bits per heavy atom. The first-order valence-electron chi connectivity index (χ1n) is 9.91. The van der Waals surface area contributed by atoms with Crippen molar-refractivity contribution in [2.24, 2.45) is 0 Å². The Bertz CT molecular complexity index is 962. The number of halogens is 1. The van der Waals surface area contributed by atoms with Crippen molar-refractivity contribution in [3.05, 3.63) is 59.7 Å². The van der Waals surface area contributed by atoms with Gasteiger partial charge in [0.2, 0.25) is 5.91 Å². The molecule has 1 amide bonds. The fourth-order valence-corrected chi connectivity index (χ4v) is 3.73. The molecule has 1 aliphatic rings. The summed E-state index contributed by atoms with van der Waals surface area (Å²) in [6, 6.07) is 12.5. The quantitative estimate of drug-likeness (QED) is 0.672. The van der Waals surface area contributed by atoms with E-state index < -0.39 is 0 Å². The van der Waals surface area contributed by atoms with Crippen LogP contribution in [0.5, 0.6) is 0 Å². The Hall–Kier alpha value is -2.73. The molecule has 0 radical (unpaired) electrons. The largest absolute Gasteiger partial charge is 0.342 e. The zero-order valence-corrected chi connectivity index (χ0v) is 15.9. The van der Waals surface area contributed by atoms with Gasteiger partial charge in [0.15, 0.2) is 0 Å². The first-order valence-corrected chi connectivity index (χ1v) is 9.91. The van der Waals surface area contributed by atoms with E-state index in [4.69, 9.17) is 0 Å². The fraction of sp³-hybridized carbons (Fsp3) is 0.364. The average molecular weight is 380 g/mol. The van der Waals surface area contributed by atoms with Gasteiger partial charge in [0.05, 0.1) is 11.0 Å². The summed E-state index contributed by atoms with van der Waals surface area (Å²) in [5, 5.41) is 2.97. The minimum Gasteiger partial charge on any atom is -0.342 e. The molecule has 2 heterocycles. The third-order valence-corrected chi connectivity index (χ3v) is 5.15. The summed E-state index contributed by atoms with van der Waals surface area (Å²) in [6.07, 6.45) is 4.66. The van der Waals surface area contributed by atoms with Crippen LogP contribution in [0.2, 0.25) is 0 Å². The zero-order valence-electron chi connectivity index (χ0n) is 15.9. The van der Waals surface area contributed by atoms with Crippen LogP contribution in [0.1, 0.15) is 37.1 Å². The van der Waals surface area contributed by atoms with Crippen molar-refractivity contribution in [1.82, 2.24) is 14.9 Å². The Morgan fingerprint density at radius 1 is 1.14 bits per heavy atom. The van der Waals surface area contributed by atoms with Crippen molar-refractivity contribution in [3.8, 4) is 0 Å². The minimum atomic E-state index is -0.301. The second kappa shape index (κ2) is 8.52. The molecule has 1 saturated heterocycles. The van der Waals surface area contributed by atoms with Crippen LogP contribution < -0.4 is 5.32 Å². The summed E-state index contributed by atoms with van der Waals surface area (Å²) in [5.41, 5.74) is 3.41. The van der Waals surface area contributed by atoms with Gasteiger partial charge in [-0.05, 0) is 61.8 Å². The number of aryl methyl sites for hydroxylation is 1. The first kappa shape index (κ1) is 18.6. The fourth-order valence-electron chi connectivity index (χ4n) is 3.73. The Balaban J connectivity index is 1.32. The molecule has 1 aliphatic heterocycles. The number of fused-ring (bicyclic) bond motifs is 1. The summed E-state index contributed by atoms with van der Waals surface area (Å²) in [6.45, 7) is 3.23. The molecule has 0 unspecified atom stereocenters. The normalized spacial score (nSPS) is 15.0. The van der Waals surface area contributed by atoms with Crippen LogP contribution in [0.3, 0.4) is 0 Å². The third-order valence-electron chi connectivity index (χ3n) is 5.15. The molecule has 6 heteroatoms. The van der Waals surface area contributed by atoms with Crippen LogP contribution in [-0.4, -0.2) is 33.9 Å². The minimum absolute atomic E-state index is 0.0539. The topological polar surface area (TPSA) is 61.0 Å². The van der Waals surface area contributed by atoms with E-state index in [1.54, 1.807) is 6.07 Å². The highest BCUT2D eigenvalue weighted by Crippen LogP contribution is 2.17. The number of likely N-dealkylation sites (tertiary alicyclic amines) is 1. The Kier molecular flexibility index (Phi) is 5.67. The van der Waals surface area contributed by atoms with Gasteiger partial charge >= 0.3 is 0 Å². The molecule has 1 aromatic heterocycles. The van der Waals surface area contributed by atoms with E-state index in [1.165, 1.54) is 37.0 Å². The smallest absolute Gasteiger partial charge is 0.224 e. The van der Waals surface area contributed by atoms with E-state index in [0.29, 0.717) is 29.7 Å². The van der Waals surface area contributed by atoms with E-state index >= 15 is 0 Å². The number of carbonyl (C=O) groups is 1. The molecule has 1 fully saturated rings. The number of hydrogen-bond acceptors (Lipinski definition) is 3. The number of imidazole rings is 1. The molecule has 2 N–H and O–H groups in total. The van der Waals surface area contributed by atoms with E-state index in [-0.39, 0.29) is 11.7 Å². The summed E-state index contributed by atoms with van der Waals surface area (Å²) in [5.74, 6) is 0.334. The number of nitrogens with zero attached hydrogens (tertiary/aromatic N) is 2. The highest BCUT2D eigenvalue weighted by atomic mass is 19.1.